The maximum Gasteiger partial charge on any atom is 0.294 e. The number of hydrogen-bond acceptors (Lipinski definition) is 6. The molecule has 0 atom stereocenters. The standard InChI is InChI=1S/C24H20FN5O3/c1-30-24(32)22(21(15-28-30)33-20-9-7-18(25)8-10-20)29-19-6-2-5-17(12-19)23(31)27-14-16-4-3-11-26-13-16/h2-13,15,29H,14H2,1H3,(H,27,31). The van der Waals surface area contributed by atoms with Crippen LogP contribution in [-0.2, 0) is 13.6 Å². The number of carbonyl (C=O) groups excluding carboxylic acids is 1. The Morgan fingerprint density at radius 3 is 2.67 bits per heavy atom. The molecule has 4 aromatic rings. The fourth-order valence-electron chi connectivity index (χ4n) is 3.01. The second-order valence-corrected chi connectivity index (χ2v) is 7.12. The van der Waals surface area contributed by atoms with Crippen LogP contribution in [0.25, 0.3) is 0 Å². The van der Waals surface area contributed by atoms with E-state index in [4.69, 9.17) is 4.74 Å². The smallest absolute Gasteiger partial charge is 0.294 e. The third-order valence-electron chi connectivity index (χ3n) is 4.71. The van der Waals surface area contributed by atoms with Crippen LogP contribution in [0.15, 0.2) is 84.0 Å². The Kier molecular flexibility index (Phi) is 6.40. The molecule has 1 amide bonds. The number of benzene rings is 2. The van der Waals surface area contributed by atoms with Crippen LogP contribution in [-0.4, -0.2) is 20.7 Å². The van der Waals surface area contributed by atoms with Gasteiger partial charge in [0.25, 0.3) is 11.5 Å². The molecule has 2 N–H and O–H groups in total. The molecule has 0 aliphatic heterocycles. The van der Waals surface area contributed by atoms with Crippen LogP contribution in [0.2, 0.25) is 0 Å². The minimum Gasteiger partial charge on any atom is -0.453 e. The number of halogens is 1. The van der Waals surface area contributed by atoms with E-state index in [0.717, 1.165) is 10.2 Å². The van der Waals surface area contributed by atoms with E-state index in [1.165, 1.54) is 37.5 Å². The summed E-state index contributed by atoms with van der Waals surface area (Å²) in [6.07, 6.45) is 4.73. The highest BCUT2D eigenvalue weighted by Crippen LogP contribution is 2.28. The molecule has 166 valence electrons. The Hall–Kier alpha value is -4.53. The SMILES string of the molecule is Cn1ncc(Oc2ccc(F)cc2)c(Nc2cccc(C(=O)NCc3cccnc3)c2)c1=O. The fraction of sp³-hybridized carbons (Fsp3) is 0.0833. The molecular weight excluding hydrogens is 425 g/mol. The van der Waals surface area contributed by atoms with Crippen LogP contribution in [0, 0.1) is 5.82 Å². The van der Waals surface area contributed by atoms with E-state index in [2.05, 4.69) is 20.7 Å². The number of nitrogens with zero attached hydrogens (tertiary/aromatic N) is 3. The Bertz CT molecular complexity index is 1320. The summed E-state index contributed by atoms with van der Waals surface area (Å²) < 4.78 is 20.1. The van der Waals surface area contributed by atoms with Crippen molar-refractivity contribution in [2.75, 3.05) is 5.32 Å². The van der Waals surface area contributed by atoms with Crippen LogP contribution in [0.1, 0.15) is 15.9 Å². The van der Waals surface area contributed by atoms with Gasteiger partial charge >= 0.3 is 0 Å². The van der Waals surface area contributed by atoms with Gasteiger partial charge in [-0.05, 0) is 54.1 Å². The number of nitrogens with one attached hydrogen (secondary N) is 2. The second-order valence-electron chi connectivity index (χ2n) is 7.12. The van der Waals surface area contributed by atoms with Crippen molar-refractivity contribution in [2.45, 2.75) is 6.54 Å². The predicted molar refractivity (Wildman–Crippen MR) is 121 cm³/mol. The number of carbonyl (C=O) groups is 1. The molecule has 0 spiro atoms. The lowest BCUT2D eigenvalue weighted by molar-refractivity contribution is 0.0951. The number of aromatic nitrogens is 3. The van der Waals surface area contributed by atoms with Gasteiger partial charge in [0.15, 0.2) is 11.4 Å². The van der Waals surface area contributed by atoms with Gasteiger partial charge in [-0.3, -0.25) is 14.6 Å². The Morgan fingerprint density at radius 2 is 1.91 bits per heavy atom. The van der Waals surface area contributed by atoms with E-state index >= 15 is 0 Å². The monoisotopic (exact) mass is 445 g/mol. The molecule has 2 heterocycles. The van der Waals surface area contributed by atoms with E-state index in [1.54, 1.807) is 42.7 Å². The molecule has 2 aromatic carbocycles. The highest BCUT2D eigenvalue weighted by Gasteiger charge is 2.14. The summed E-state index contributed by atoms with van der Waals surface area (Å²) in [4.78, 5) is 29.3. The lowest BCUT2D eigenvalue weighted by atomic mass is 10.1. The number of rotatable bonds is 7. The largest absolute Gasteiger partial charge is 0.453 e. The molecule has 33 heavy (non-hydrogen) atoms. The molecule has 0 saturated heterocycles. The Labute approximate surface area is 188 Å². The van der Waals surface area contributed by atoms with Crippen LogP contribution < -0.4 is 20.9 Å². The van der Waals surface area contributed by atoms with Crippen LogP contribution in [0.4, 0.5) is 15.8 Å². The van der Waals surface area contributed by atoms with Gasteiger partial charge in [0.05, 0.1) is 6.20 Å². The van der Waals surface area contributed by atoms with Gasteiger partial charge in [0.1, 0.15) is 11.6 Å². The lowest BCUT2D eigenvalue weighted by Gasteiger charge is -2.14. The molecule has 0 bridgehead atoms. The van der Waals surface area contributed by atoms with Gasteiger partial charge < -0.3 is 15.4 Å². The number of ether oxygens (including phenoxy) is 1. The normalized spacial score (nSPS) is 10.5. The topological polar surface area (TPSA) is 98.1 Å². The quantitative estimate of drug-likeness (QED) is 0.449. The maximum atomic E-state index is 13.2. The van der Waals surface area contributed by atoms with Crippen molar-refractivity contribution in [3.8, 4) is 11.5 Å². The molecule has 0 aliphatic rings. The van der Waals surface area contributed by atoms with Crippen LogP contribution in [0.3, 0.4) is 0 Å². The number of amides is 1. The molecule has 2 aromatic heterocycles. The van der Waals surface area contributed by atoms with Crippen molar-refractivity contribution in [3.63, 3.8) is 0 Å². The van der Waals surface area contributed by atoms with Crippen LogP contribution >= 0.6 is 0 Å². The zero-order valence-electron chi connectivity index (χ0n) is 17.7. The summed E-state index contributed by atoms with van der Waals surface area (Å²) in [7, 11) is 1.51. The molecule has 4 rings (SSSR count). The molecule has 0 fully saturated rings. The van der Waals surface area contributed by atoms with Gasteiger partial charge in [-0.25, -0.2) is 9.07 Å². The van der Waals surface area contributed by atoms with Crippen molar-refractivity contribution in [2.24, 2.45) is 7.05 Å². The summed E-state index contributed by atoms with van der Waals surface area (Å²) in [5.74, 6) is -0.163. The van der Waals surface area contributed by atoms with E-state index in [0.29, 0.717) is 23.5 Å². The molecule has 0 aliphatic carbocycles. The van der Waals surface area contributed by atoms with Crippen molar-refractivity contribution < 1.29 is 13.9 Å². The van der Waals surface area contributed by atoms with Crippen molar-refractivity contribution in [1.29, 1.82) is 0 Å². The van der Waals surface area contributed by atoms with Gasteiger partial charge in [-0.2, -0.15) is 5.10 Å². The summed E-state index contributed by atoms with van der Waals surface area (Å²) in [6, 6.07) is 15.8. The molecule has 0 saturated carbocycles. The van der Waals surface area contributed by atoms with Crippen molar-refractivity contribution >= 4 is 17.3 Å². The number of aryl methyl sites for hydroxylation is 1. The molecule has 0 radical (unpaired) electrons. The first-order valence-electron chi connectivity index (χ1n) is 10.0. The van der Waals surface area contributed by atoms with E-state index < -0.39 is 11.4 Å². The van der Waals surface area contributed by atoms with E-state index in [9.17, 15) is 14.0 Å². The summed E-state index contributed by atoms with van der Waals surface area (Å²) in [5, 5.41) is 9.85. The fourth-order valence-corrected chi connectivity index (χ4v) is 3.01. The summed E-state index contributed by atoms with van der Waals surface area (Å²) in [5.41, 5.74) is 1.50. The highest BCUT2D eigenvalue weighted by atomic mass is 19.1. The number of anilines is 2. The number of hydrogen-bond donors (Lipinski definition) is 2. The van der Waals surface area contributed by atoms with E-state index in [1.807, 2.05) is 6.07 Å². The Balaban J connectivity index is 1.55. The first-order valence-corrected chi connectivity index (χ1v) is 10.0. The van der Waals surface area contributed by atoms with Gasteiger partial charge in [0, 0.05) is 37.2 Å². The summed E-state index contributed by atoms with van der Waals surface area (Å²) >= 11 is 0. The van der Waals surface area contributed by atoms with Crippen molar-refractivity contribution in [3.05, 3.63) is 107 Å². The molecule has 9 heteroatoms. The molecule has 0 unspecified atom stereocenters. The second kappa shape index (κ2) is 9.73. The third-order valence-corrected chi connectivity index (χ3v) is 4.71. The minimum atomic E-state index is -0.430. The van der Waals surface area contributed by atoms with E-state index in [-0.39, 0.29) is 17.3 Å². The zero-order chi connectivity index (χ0) is 23.2. The predicted octanol–water partition coefficient (Wildman–Crippen LogP) is 3.78. The van der Waals surface area contributed by atoms with Gasteiger partial charge in [-0.1, -0.05) is 12.1 Å². The van der Waals surface area contributed by atoms with Crippen LogP contribution in [0.5, 0.6) is 11.5 Å². The Morgan fingerprint density at radius 1 is 1.09 bits per heavy atom. The number of pyridine rings is 1. The summed E-state index contributed by atoms with van der Waals surface area (Å²) in [6.45, 7) is 0.338. The van der Waals surface area contributed by atoms with Gasteiger partial charge in [0.2, 0.25) is 0 Å². The first kappa shape index (κ1) is 21.7. The molecule has 8 nitrogen and oxygen atoms in total. The zero-order valence-corrected chi connectivity index (χ0v) is 17.7. The average Bonchev–Trinajstić information content (AvgIpc) is 2.84. The highest BCUT2D eigenvalue weighted by molar-refractivity contribution is 5.95. The van der Waals surface area contributed by atoms with Crippen molar-refractivity contribution in [1.82, 2.24) is 20.1 Å². The maximum absolute atomic E-state index is 13.2. The minimum absolute atomic E-state index is 0.129. The lowest BCUT2D eigenvalue weighted by Crippen LogP contribution is -2.23. The average molecular weight is 445 g/mol. The first-order chi connectivity index (χ1) is 16.0. The molecular formula is C24H20FN5O3. The third kappa shape index (κ3) is 5.40. The van der Waals surface area contributed by atoms with Gasteiger partial charge in [-0.15, -0.1) is 0 Å².